The van der Waals surface area contributed by atoms with Gasteiger partial charge in [-0.3, -0.25) is 0 Å². The molecule has 2 amide bonds. The largest absolute Gasteiger partial charge is 0.493 e. The molecule has 0 saturated carbocycles. The maximum atomic E-state index is 14.1. The second-order valence-corrected chi connectivity index (χ2v) is 10.4. The monoisotopic (exact) mass is 565 g/mol. The number of benzene rings is 3. The molecule has 2 aliphatic rings. The van der Waals surface area contributed by atoms with Gasteiger partial charge in [-0.1, -0.05) is 23.7 Å². The minimum atomic E-state index is -0.180. The minimum absolute atomic E-state index is 0.0525. The highest BCUT2D eigenvalue weighted by Gasteiger charge is 2.35. The number of amides is 2. The molecular weight excluding hydrogens is 530 g/mol. The van der Waals surface area contributed by atoms with E-state index in [-0.39, 0.29) is 12.1 Å². The molecular formula is C31H36ClN3O5. The van der Waals surface area contributed by atoms with Crippen LogP contribution < -0.4 is 23.8 Å². The number of rotatable bonds is 7. The fourth-order valence-electron chi connectivity index (χ4n) is 5.72. The van der Waals surface area contributed by atoms with Crippen LogP contribution in [0.2, 0.25) is 5.02 Å². The number of methoxy groups -OCH3 is 4. The summed E-state index contributed by atoms with van der Waals surface area (Å²) >= 11 is 6.22. The van der Waals surface area contributed by atoms with Crippen LogP contribution >= 0.6 is 11.6 Å². The molecule has 0 bridgehead atoms. The molecule has 3 aromatic carbocycles. The number of anilines is 1. The summed E-state index contributed by atoms with van der Waals surface area (Å²) in [6, 6.07) is 17.7. The summed E-state index contributed by atoms with van der Waals surface area (Å²) in [5, 5.41) is 0.716. The topological polar surface area (TPSA) is 63.7 Å². The normalized spacial score (nSPS) is 16.8. The number of carbonyl (C=O) groups is 1. The molecule has 1 saturated heterocycles. The molecule has 2 heterocycles. The van der Waals surface area contributed by atoms with Gasteiger partial charge in [0.15, 0.2) is 23.0 Å². The van der Waals surface area contributed by atoms with E-state index in [1.807, 2.05) is 58.3 Å². The molecule has 8 nitrogen and oxygen atoms in total. The van der Waals surface area contributed by atoms with E-state index in [1.54, 1.807) is 28.4 Å². The van der Waals surface area contributed by atoms with E-state index < -0.39 is 0 Å². The second-order valence-electron chi connectivity index (χ2n) is 10.00. The summed E-state index contributed by atoms with van der Waals surface area (Å²) in [6.07, 6.45) is 1.36. The number of ether oxygens (including phenoxy) is 4. The van der Waals surface area contributed by atoms with Crippen LogP contribution in [0.4, 0.5) is 10.5 Å². The lowest BCUT2D eigenvalue weighted by atomic mass is 9.88. The third kappa shape index (κ3) is 5.59. The van der Waals surface area contributed by atoms with E-state index in [4.69, 9.17) is 30.5 Å². The summed E-state index contributed by atoms with van der Waals surface area (Å²) in [6.45, 7) is 3.41. The zero-order chi connectivity index (χ0) is 28.2. The van der Waals surface area contributed by atoms with Gasteiger partial charge >= 0.3 is 6.03 Å². The van der Waals surface area contributed by atoms with Crippen molar-refractivity contribution in [2.75, 3.05) is 66.1 Å². The van der Waals surface area contributed by atoms with E-state index in [0.717, 1.165) is 41.9 Å². The molecule has 212 valence electrons. The van der Waals surface area contributed by atoms with Gasteiger partial charge in [-0.25, -0.2) is 4.79 Å². The highest BCUT2D eigenvalue weighted by atomic mass is 35.5. The number of urea groups is 1. The predicted molar refractivity (Wildman–Crippen MR) is 157 cm³/mol. The van der Waals surface area contributed by atoms with Gasteiger partial charge in [-0.15, -0.1) is 0 Å². The number of carbonyl (C=O) groups excluding carboxylic acids is 1. The number of halogens is 1. The molecule has 0 spiro atoms. The Bertz CT molecular complexity index is 1360. The van der Waals surface area contributed by atoms with Crippen molar-refractivity contribution < 1.29 is 23.7 Å². The first-order valence-corrected chi connectivity index (χ1v) is 13.8. The lowest BCUT2D eigenvalue weighted by molar-refractivity contribution is 0.125. The molecule has 0 N–H and O–H groups in total. The van der Waals surface area contributed by atoms with Gasteiger partial charge in [0, 0.05) is 43.4 Å². The van der Waals surface area contributed by atoms with Crippen LogP contribution in [0.5, 0.6) is 23.0 Å². The summed E-state index contributed by atoms with van der Waals surface area (Å²) in [5.41, 5.74) is 4.37. The van der Waals surface area contributed by atoms with Crippen molar-refractivity contribution in [3.8, 4) is 23.0 Å². The fourth-order valence-corrected chi connectivity index (χ4v) is 5.90. The minimum Gasteiger partial charge on any atom is -0.493 e. The Hall–Kier alpha value is -3.78. The van der Waals surface area contributed by atoms with Crippen LogP contribution in [0, 0.1) is 0 Å². The SMILES string of the molecule is COc1ccc(CC2c3cc(OC)c(OC)cc3CCN2C(=O)N2CCN(c3cccc(Cl)c3)CC2)cc1OC. The van der Waals surface area contributed by atoms with Gasteiger partial charge in [-0.2, -0.15) is 0 Å². The molecule has 5 rings (SSSR count). The Morgan fingerprint density at radius 2 is 1.48 bits per heavy atom. The molecule has 0 aromatic heterocycles. The van der Waals surface area contributed by atoms with Gasteiger partial charge in [0.05, 0.1) is 34.5 Å². The highest BCUT2D eigenvalue weighted by molar-refractivity contribution is 6.30. The first kappa shape index (κ1) is 27.8. The number of hydrogen-bond donors (Lipinski definition) is 0. The molecule has 0 radical (unpaired) electrons. The van der Waals surface area contributed by atoms with Gasteiger partial charge in [0.2, 0.25) is 0 Å². The van der Waals surface area contributed by atoms with Crippen LogP contribution in [0.1, 0.15) is 22.7 Å². The zero-order valence-electron chi connectivity index (χ0n) is 23.5. The summed E-state index contributed by atoms with van der Waals surface area (Å²) in [7, 11) is 6.54. The maximum absolute atomic E-state index is 14.1. The van der Waals surface area contributed by atoms with Crippen molar-refractivity contribution in [3.63, 3.8) is 0 Å². The molecule has 3 aromatic rings. The molecule has 1 fully saturated rings. The first-order chi connectivity index (χ1) is 19.4. The summed E-state index contributed by atoms with van der Waals surface area (Å²) < 4.78 is 22.2. The Balaban J connectivity index is 1.42. The van der Waals surface area contributed by atoms with E-state index in [0.29, 0.717) is 54.1 Å². The lowest BCUT2D eigenvalue weighted by Crippen LogP contribution is -2.54. The third-order valence-corrected chi connectivity index (χ3v) is 8.08. The van der Waals surface area contributed by atoms with Crippen molar-refractivity contribution in [2.24, 2.45) is 0 Å². The van der Waals surface area contributed by atoms with Crippen molar-refractivity contribution in [1.29, 1.82) is 0 Å². The Kier molecular flexibility index (Phi) is 8.45. The van der Waals surface area contributed by atoms with Gasteiger partial charge in [0.1, 0.15) is 0 Å². The fraction of sp³-hybridized carbons (Fsp3) is 0.387. The molecule has 1 atom stereocenters. The number of fused-ring (bicyclic) bond motifs is 1. The first-order valence-electron chi connectivity index (χ1n) is 13.5. The summed E-state index contributed by atoms with van der Waals surface area (Å²) in [4.78, 5) is 20.3. The molecule has 9 heteroatoms. The van der Waals surface area contributed by atoms with Crippen LogP contribution in [0.3, 0.4) is 0 Å². The van der Waals surface area contributed by atoms with Crippen molar-refractivity contribution in [2.45, 2.75) is 18.9 Å². The predicted octanol–water partition coefficient (Wildman–Crippen LogP) is 5.46. The van der Waals surface area contributed by atoms with Crippen LogP contribution in [0.25, 0.3) is 0 Å². The van der Waals surface area contributed by atoms with Crippen LogP contribution in [-0.2, 0) is 12.8 Å². The van der Waals surface area contributed by atoms with Crippen molar-refractivity contribution >= 4 is 23.3 Å². The van der Waals surface area contributed by atoms with Crippen molar-refractivity contribution in [3.05, 3.63) is 76.3 Å². The maximum Gasteiger partial charge on any atom is 0.320 e. The molecule has 40 heavy (non-hydrogen) atoms. The Morgan fingerprint density at radius 3 is 2.15 bits per heavy atom. The standard InChI is InChI=1S/C31H36ClN3O5/c1-37-27-9-8-21(17-28(27)38-2)16-26-25-20-30(40-4)29(39-3)18-22(25)10-11-35(26)31(36)34-14-12-33(13-15-34)24-7-5-6-23(32)19-24/h5-9,17-20,26H,10-16H2,1-4H3. The molecule has 1 unspecified atom stereocenters. The smallest absolute Gasteiger partial charge is 0.320 e. The number of hydrogen-bond acceptors (Lipinski definition) is 6. The third-order valence-electron chi connectivity index (χ3n) is 7.85. The number of nitrogens with zero attached hydrogens (tertiary/aromatic N) is 3. The molecule has 2 aliphatic heterocycles. The Labute approximate surface area is 240 Å². The second kappa shape index (κ2) is 12.2. The Morgan fingerprint density at radius 1 is 0.800 bits per heavy atom. The summed E-state index contributed by atoms with van der Waals surface area (Å²) in [5.74, 6) is 2.69. The lowest BCUT2D eigenvalue weighted by Gasteiger charge is -2.43. The van der Waals surface area contributed by atoms with Gasteiger partial charge < -0.3 is 33.6 Å². The highest BCUT2D eigenvalue weighted by Crippen LogP contribution is 2.41. The average Bonchev–Trinajstić information content (AvgIpc) is 3.00. The van der Waals surface area contributed by atoms with E-state index in [1.165, 1.54) is 0 Å². The molecule has 0 aliphatic carbocycles. The van der Waals surface area contributed by atoms with Crippen LogP contribution in [-0.4, -0.2) is 77.0 Å². The van der Waals surface area contributed by atoms with E-state index in [2.05, 4.69) is 11.0 Å². The van der Waals surface area contributed by atoms with Crippen LogP contribution in [0.15, 0.2) is 54.6 Å². The van der Waals surface area contributed by atoms with Crippen molar-refractivity contribution in [1.82, 2.24) is 9.80 Å². The zero-order valence-corrected chi connectivity index (χ0v) is 24.2. The quantitative estimate of drug-likeness (QED) is 0.379. The number of piperazine rings is 1. The van der Waals surface area contributed by atoms with Gasteiger partial charge in [-0.05, 0) is 72.0 Å². The van der Waals surface area contributed by atoms with E-state index in [9.17, 15) is 4.79 Å². The average molecular weight is 566 g/mol. The van der Waals surface area contributed by atoms with E-state index >= 15 is 0 Å². The van der Waals surface area contributed by atoms with Gasteiger partial charge in [0.25, 0.3) is 0 Å².